The Kier molecular flexibility index (Phi) is 8.99. The summed E-state index contributed by atoms with van der Waals surface area (Å²) in [7, 11) is 1.66. The number of rotatable bonds is 7. The molecule has 3 aromatic rings. The molecule has 0 saturated carbocycles. The normalized spacial score (nSPS) is 18.1. The number of carbonyl (C=O) groups excluding carboxylic acids is 2. The van der Waals surface area contributed by atoms with E-state index in [4.69, 9.17) is 9.84 Å². The van der Waals surface area contributed by atoms with Gasteiger partial charge in [0.2, 0.25) is 11.8 Å². The SMILES string of the molecule is CCc1ccccc1-n1nc(C(C)(C)C)c2c1N(CC(=O)N1CCN(CC)CC1)C(=O)CS[C@H]2c1ccc(OC)cc1. The molecule has 0 N–H and O–H groups in total. The van der Waals surface area contributed by atoms with Crippen LogP contribution in [0, 0.1) is 0 Å². The van der Waals surface area contributed by atoms with Crippen molar-refractivity contribution in [3.63, 3.8) is 0 Å². The average Bonchev–Trinajstić information content (AvgIpc) is 3.34. The average molecular weight is 590 g/mol. The molecule has 224 valence electrons. The fourth-order valence-electron chi connectivity index (χ4n) is 5.85. The van der Waals surface area contributed by atoms with Crippen molar-refractivity contribution in [1.29, 1.82) is 0 Å². The number of aryl methyl sites for hydroxylation is 1. The van der Waals surface area contributed by atoms with Crippen LogP contribution in [0.2, 0.25) is 0 Å². The molecule has 0 radical (unpaired) electrons. The first-order valence-corrected chi connectivity index (χ1v) is 16.0. The molecule has 0 bridgehead atoms. The van der Waals surface area contributed by atoms with Crippen molar-refractivity contribution in [1.82, 2.24) is 19.6 Å². The van der Waals surface area contributed by atoms with Gasteiger partial charge in [-0.1, -0.05) is 65.0 Å². The highest BCUT2D eigenvalue weighted by molar-refractivity contribution is 8.00. The van der Waals surface area contributed by atoms with E-state index < -0.39 is 0 Å². The van der Waals surface area contributed by atoms with Crippen LogP contribution >= 0.6 is 11.8 Å². The summed E-state index contributed by atoms with van der Waals surface area (Å²) < 4.78 is 7.38. The predicted octanol–water partition coefficient (Wildman–Crippen LogP) is 5.07. The van der Waals surface area contributed by atoms with Crippen LogP contribution in [0.3, 0.4) is 0 Å². The van der Waals surface area contributed by atoms with Gasteiger partial charge >= 0.3 is 0 Å². The first kappa shape index (κ1) is 30.2. The summed E-state index contributed by atoms with van der Waals surface area (Å²) in [5.41, 5.74) is 4.77. The van der Waals surface area contributed by atoms with E-state index in [-0.39, 0.29) is 34.8 Å². The maximum Gasteiger partial charge on any atom is 0.242 e. The summed E-state index contributed by atoms with van der Waals surface area (Å²) in [4.78, 5) is 33.8. The fraction of sp³-hybridized carbons (Fsp3) is 0.485. The Morgan fingerprint density at radius 2 is 1.71 bits per heavy atom. The number of likely N-dealkylation sites (N-methyl/N-ethyl adjacent to an activating group) is 1. The molecular formula is C33H43N5O3S. The zero-order valence-electron chi connectivity index (χ0n) is 25.7. The number of anilines is 1. The highest BCUT2D eigenvalue weighted by atomic mass is 32.2. The Hall–Kier alpha value is -3.30. The first-order valence-electron chi connectivity index (χ1n) is 14.9. The van der Waals surface area contributed by atoms with Crippen LogP contribution in [0.4, 0.5) is 5.82 Å². The lowest BCUT2D eigenvalue weighted by molar-refractivity contribution is -0.132. The van der Waals surface area contributed by atoms with Crippen molar-refractivity contribution < 1.29 is 14.3 Å². The van der Waals surface area contributed by atoms with Gasteiger partial charge in [-0.25, -0.2) is 4.68 Å². The third-order valence-electron chi connectivity index (χ3n) is 8.28. The van der Waals surface area contributed by atoms with Gasteiger partial charge in [0.25, 0.3) is 0 Å². The van der Waals surface area contributed by atoms with Crippen LogP contribution in [-0.4, -0.2) is 83.5 Å². The van der Waals surface area contributed by atoms with Crippen molar-refractivity contribution in [2.75, 3.05) is 57.0 Å². The van der Waals surface area contributed by atoms with Gasteiger partial charge in [0, 0.05) is 37.2 Å². The Morgan fingerprint density at radius 3 is 2.33 bits per heavy atom. The third-order valence-corrected chi connectivity index (χ3v) is 9.54. The van der Waals surface area contributed by atoms with Crippen LogP contribution in [0.5, 0.6) is 5.75 Å². The quantitative estimate of drug-likeness (QED) is 0.383. The molecule has 1 fully saturated rings. The molecule has 2 aliphatic heterocycles. The number of piperazine rings is 1. The zero-order valence-corrected chi connectivity index (χ0v) is 26.5. The van der Waals surface area contributed by atoms with Crippen molar-refractivity contribution in [3.05, 3.63) is 70.9 Å². The lowest BCUT2D eigenvalue weighted by Gasteiger charge is -2.35. The topological polar surface area (TPSA) is 70.9 Å². The second-order valence-electron chi connectivity index (χ2n) is 12.0. The monoisotopic (exact) mass is 589 g/mol. The third kappa shape index (κ3) is 5.95. The highest BCUT2D eigenvalue weighted by Crippen LogP contribution is 2.48. The summed E-state index contributed by atoms with van der Waals surface area (Å²) in [5, 5.41) is 5.13. The standard InChI is InChI=1S/C33H43N5O3S/c1-7-23-11-9-10-12-26(23)38-32-29(31(34-38)33(3,4)5)30(24-13-15-25(41-6)16-14-24)42-22-28(40)37(32)21-27(39)36-19-17-35(8-2)18-20-36/h9-16,30H,7-8,17-22H2,1-6H3/t30-/m0/s1. The maximum atomic E-state index is 14.0. The zero-order chi connectivity index (χ0) is 30.0. The molecule has 8 nitrogen and oxygen atoms in total. The second-order valence-corrected chi connectivity index (χ2v) is 13.1. The summed E-state index contributed by atoms with van der Waals surface area (Å²) in [6, 6.07) is 16.3. The minimum Gasteiger partial charge on any atom is -0.497 e. The number of thioether (sulfide) groups is 1. The van der Waals surface area contributed by atoms with E-state index in [9.17, 15) is 9.59 Å². The van der Waals surface area contributed by atoms with E-state index in [1.165, 1.54) is 0 Å². The van der Waals surface area contributed by atoms with E-state index in [1.54, 1.807) is 23.8 Å². The Morgan fingerprint density at radius 1 is 1.02 bits per heavy atom. The molecular weight excluding hydrogens is 546 g/mol. The van der Waals surface area contributed by atoms with E-state index in [1.807, 2.05) is 33.8 Å². The predicted molar refractivity (Wildman–Crippen MR) is 170 cm³/mol. The number of carbonyl (C=O) groups is 2. The van der Waals surface area contributed by atoms with Gasteiger partial charge in [0.05, 0.1) is 29.5 Å². The van der Waals surface area contributed by atoms with Crippen LogP contribution in [0.25, 0.3) is 5.69 Å². The second kappa shape index (κ2) is 12.5. The van der Waals surface area contributed by atoms with Gasteiger partial charge in [0.15, 0.2) is 0 Å². The first-order chi connectivity index (χ1) is 20.2. The molecule has 5 rings (SSSR count). The van der Waals surface area contributed by atoms with Gasteiger partial charge in [0.1, 0.15) is 18.1 Å². The fourth-order valence-corrected chi connectivity index (χ4v) is 7.05. The maximum absolute atomic E-state index is 14.0. The lowest BCUT2D eigenvalue weighted by Crippen LogP contribution is -2.52. The Labute approximate surface area is 254 Å². The van der Waals surface area contributed by atoms with Crippen molar-refractivity contribution in [3.8, 4) is 11.4 Å². The molecule has 1 saturated heterocycles. The lowest BCUT2D eigenvalue weighted by atomic mass is 9.87. The molecule has 3 heterocycles. The minimum atomic E-state index is -0.304. The number of benzene rings is 2. The molecule has 0 unspecified atom stereocenters. The molecule has 0 aliphatic carbocycles. The minimum absolute atomic E-state index is 0.00256. The number of fused-ring (bicyclic) bond motifs is 1. The molecule has 1 atom stereocenters. The number of hydrogen-bond acceptors (Lipinski definition) is 6. The van der Waals surface area contributed by atoms with Crippen LogP contribution in [0.15, 0.2) is 48.5 Å². The summed E-state index contributed by atoms with van der Waals surface area (Å²) in [6.45, 7) is 14.8. The molecule has 2 aromatic carbocycles. The number of amides is 2. The largest absolute Gasteiger partial charge is 0.497 e. The van der Waals surface area contributed by atoms with E-state index in [0.29, 0.717) is 18.9 Å². The van der Waals surface area contributed by atoms with Crippen LogP contribution in [-0.2, 0) is 21.4 Å². The number of para-hydroxylation sites is 1. The number of hydrogen-bond donors (Lipinski definition) is 0. The van der Waals surface area contributed by atoms with E-state index in [0.717, 1.165) is 59.9 Å². The van der Waals surface area contributed by atoms with E-state index >= 15 is 0 Å². The van der Waals surface area contributed by atoms with E-state index in [2.05, 4.69) is 63.8 Å². The Bertz CT molecular complexity index is 1420. The molecule has 2 aliphatic rings. The highest BCUT2D eigenvalue weighted by Gasteiger charge is 2.40. The van der Waals surface area contributed by atoms with Gasteiger partial charge in [-0.05, 0) is 42.3 Å². The van der Waals surface area contributed by atoms with Crippen molar-refractivity contribution in [2.45, 2.75) is 51.7 Å². The molecule has 2 amide bonds. The van der Waals surface area contributed by atoms with Crippen LogP contribution < -0.4 is 9.64 Å². The Balaban J connectivity index is 1.69. The molecule has 42 heavy (non-hydrogen) atoms. The number of methoxy groups -OCH3 is 1. The molecule has 1 aromatic heterocycles. The summed E-state index contributed by atoms with van der Waals surface area (Å²) in [6.07, 6.45) is 0.820. The number of aromatic nitrogens is 2. The van der Waals surface area contributed by atoms with Gasteiger partial charge in [-0.15, -0.1) is 11.8 Å². The van der Waals surface area contributed by atoms with Gasteiger partial charge in [-0.3, -0.25) is 14.5 Å². The van der Waals surface area contributed by atoms with Gasteiger partial charge < -0.3 is 14.5 Å². The molecule has 9 heteroatoms. The summed E-state index contributed by atoms with van der Waals surface area (Å²) >= 11 is 1.60. The van der Waals surface area contributed by atoms with Crippen molar-refractivity contribution >= 4 is 29.4 Å². The summed E-state index contributed by atoms with van der Waals surface area (Å²) in [5.74, 6) is 1.66. The van der Waals surface area contributed by atoms with Gasteiger partial charge in [-0.2, -0.15) is 5.10 Å². The number of ether oxygens (including phenoxy) is 1. The molecule has 0 spiro atoms. The number of nitrogens with zero attached hydrogens (tertiary/aromatic N) is 5. The van der Waals surface area contributed by atoms with Crippen LogP contribution in [0.1, 0.15) is 62.3 Å². The smallest absolute Gasteiger partial charge is 0.242 e. The van der Waals surface area contributed by atoms with Crippen molar-refractivity contribution in [2.24, 2.45) is 0 Å².